The van der Waals surface area contributed by atoms with Crippen LogP contribution in [0.25, 0.3) is 111 Å². The molecule has 0 bridgehead atoms. The monoisotopic (exact) mass is 1040 g/mol. The van der Waals surface area contributed by atoms with Crippen molar-refractivity contribution in [2.24, 2.45) is 0 Å². The Morgan fingerprint density at radius 2 is 0.790 bits per heavy atom. The molecule has 0 unspecified atom stereocenters. The summed E-state index contributed by atoms with van der Waals surface area (Å²) in [5.74, 6) is 0. The first-order valence-electron chi connectivity index (χ1n) is 28.8. The molecule has 4 aliphatic carbocycles. The molecule has 3 nitrogen and oxygen atoms in total. The first kappa shape index (κ1) is 46.7. The van der Waals surface area contributed by atoms with Gasteiger partial charge in [0.2, 0.25) is 0 Å². The average molecular weight is 1040 g/mol. The van der Waals surface area contributed by atoms with Gasteiger partial charge < -0.3 is 13.7 Å². The van der Waals surface area contributed by atoms with E-state index in [0.717, 1.165) is 44.8 Å². The summed E-state index contributed by atoms with van der Waals surface area (Å²) in [4.78, 5) is 2.59. The molecule has 0 spiro atoms. The summed E-state index contributed by atoms with van der Waals surface area (Å²) < 4.78 is 13.6. The van der Waals surface area contributed by atoms with E-state index in [1.165, 1.54) is 127 Å². The van der Waals surface area contributed by atoms with Gasteiger partial charge in [-0.15, -0.1) is 0 Å². The van der Waals surface area contributed by atoms with E-state index in [-0.39, 0.29) is 21.7 Å². The molecule has 2 heterocycles. The first-order valence-corrected chi connectivity index (χ1v) is 28.8. The zero-order valence-electron chi connectivity index (χ0n) is 47.0. The van der Waals surface area contributed by atoms with Crippen molar-refractivity contribution in [2.45, 2.75) is 77.0 Å². The second-order valence-electron chi connectivity index (χ2n) is 25.5. The molecule has 0 aliphatic heterocycles. The fraction of sp³-hybridized carbons (Fsp3) is 0.154. The highest BCUT2D eigenvalue weighted by molar-refractivity contribution is 6.21. The van der Waals surface area contributed by atoms with Gasteiger partial charge in [0.25, 0.3) is 0 Å². The predicted molar refractivity (Wildman–Crippen MR) is 337 cm³/mol. The van der Waals surface area contributed by atoms with Crippen molar-refractivity contribution in [1.29, 1.82) is 0 Å². The van der Waals surface area contributed by atoms with Crippen LogP contribution in [0.4, 0.5) is 17.1 Å². The zero-order valence-corrected chi connectivity index (χ0v) is 47.0. The van der Waals surface area contributed by atoms with Crippen LogP contribution in [0.15, 0.2) is 221 Å². The normalized spacial score (nSPS) is 15.8. The topological polar surface area (TPSA) is 29.5 Å². The third kappa shape index (κ3) is 5.98. The molecule has 0 amide bonds. The summed E-state index contributed by atoms with van der Waals surface area (Å²) in [6.07, 6.45) is 0. The molecule has 17 rings (SSSR count). The lowest BCUT2D eigenvalue weighted by Crippen LogP contribution is -2.24. The van der Waals surface area contributed by atoms with Crippen molar-refractivity contribution in [1.82, 2.24) is 0 Å². The van der Waals surface area contributed by atoms with Crippen LogP contribution in [0.2, 0.25) is 0 Å². The van der Waals surface area contributed by atoms with Gasteiger partial charge in [-0.3, -0.25) is 0 Å². The second-order valence-corrected chi connectivity index (χ2v) is 25.5. The minimum atomic E-state index is -0.383. The van der Waals surface area contributed by atoms with Gasteiger partial charge in [0.05, 0.1) is 5.69 Å². The molecule has 81 heavy (non-hydrogen) atoms. The van der Waals surface area contributed by atoms with Gasteiger partial charge in [-0.1, -0.05) is 213 Å². The van der Waals surface area contributed by atoms with E-state index in [9.17, 15) is 0 Å². The lowest BCUT2D eigenvalue weighted by atomic mass is 9.72. The van der Waals surface area contributed by atoms with E-state index in [0.29, 0.717) is 0 Å². The quantitative estimate of drug-likeness (QED) is 0.172. The maximum absolute atomic E-state index is 7.08. The van der Waals surface area contributed by atoms with E-state index in [2.05, 4.69) is 273 Å². The summed E-state index contributed by atoms with van der Waals surface area (Å²) in [5, 5.41) is 4.76. The van der Waals surface area contributed by atoms with Crippen LogP contribution < -0.4 is 4.90 Å². The highest BCUT2D eigenvalue weighted by Crippen LogP contribution is 2.65. The molecule has 0 saturated heterocycles. The lowest BCUT2D eigenvalue weighted by molar-refractivity contribution is 0.600. The number of anilines is 3. The molecule has 3 heteroatoms. The summed E-state index contributed by atoms with van der Waals surface area (Å²) in [7, 11) is 0. The molecule has 13 aromatic rings. The van der Waals surface area contributed by atoms with Crippen molar-refractivity contribution in [3.63, 3.8) is 0 Å². The van der Waals surface area contributed by atoms with Crippen molar-refractivity contribution >= 4 is 60.9 Å². The highest BCUT2D eigenvalue weighted by Gasteiger charge is 2.49. The van der Waals surface area contributed by atoms with E-state index in [4.69, 9.17) is 8.83 Å². The van der Waals surface area contributed by atoms with Gasteiger partial charge in [0.15, 0.2) is 0 Å². The predicted octanol–water partition coefficient (Wildman–Crippen LogP) is 21.5. The molecular formula is C78H59NO2. The highest BCUT2D eigenvalue weighted by atomic mass is 16.3. The summed E-state index contributed by atoms with van der Waals surface area (Å²) >= 11 is 0. The molecule has 11 aromatic carbocycles. The molecule has 0 fully saturated rings. The number of para-hydroxylation sites is 3. The van der Waals surface area contributed by atoms with Crippen molar-refractivity contribution in [3.8, 4) is 66.8 Å². The van der Waals surface area contributed by atoms with Crippen LogP contribution in [0.5, 0.6) is 0 Å². The summed E-state index contributed by atoms with van der Waals surface area (Å²) in [6, 6.07) is 79.3. The maximum atomic E-state index is 7.08. The molecule has 0 saturated carbocycles. The zero-order chi connectivity index (χ0) is 54.6. The minimum absolute atomic E-state index is 0.206. The van der Waals surface area contributed by atoms with Gasteiger partial charge in [-0.2, -0.15) is 0 Å². The number of hydrogen-bond acceptors (Lipinski definition) is 3. The van der Waals surface area contributed by atoms with E-state index < -0.39 is 0 Å². The Balaban J connectivity index is 0.909. The molecule has 0 N–H and O–H groups in total. The number of furan rings is 2. The van der Waals surface area contributed by atoms with Gasteiger partial charge >= 0.3 is 0 Å². The molecular weight excluding hydrogens is 983 g/mol. The minimum Gasteiger partial charge on any atom is -0.456 e. The fourth-order valence-electron chi connectivity index (χ4n) is 15.9. The Hall–Kier alpha value is -9.18. The fourth-order valence-corrected chi connectivity index (χ4v) is 15.9. The van der Waals surface area contributed by atoms with Crippen LogP contribution in [0.1, 0.15) is 99.9 Å². The SMILES string of the molecule is CC1(C)c2cc(N(c3ccc4c(c3)C(C)(C)c3c5c(c6oc7ccccc7c6c3-4)-c3ccccc3C5(C)C)c3c(-c4ccccc4)cccc3-c3ccccc3)ccc2-c2cc3c(cc21)-c1c(ccc2oc4ccccc4c12)C3(C)C. The van der Waals surface area contributed by atoms with E-state index >= 15 is 0 Å². The molecule has 388 valence electrons. The average Bonchev–Trinajstić information content (AvgIpc) is 4.39. The van der Waals surface area contributed by atoms with Crippen molar-refractivity contribution in [2.75, 3.05) is 4.90 Å². The summed E-state index contributed by atoms with van der Waals surface area (Å²) in [5.41, 5.74) is 31.9. The Morgan fingerprint density at radius 1 is 0.296 bits per heavy atom. The molecule has 4 aliphatic rings. The van der Waals surface area contributed by atoms with E-state index in [1.807, 2.05) is 0 Å². The smallest absolute Gasteiger partial charge is 0.144 e. The molecule has 2 aromatic heterocycles. The van der Waals surface area contributed by atoms with Crippen LogP contribution in [0, 0.1) is 0 Å². The first-order chi connectivity index (χ1) is 39.2. The summed E-state index contributed by atoms with van der Waals surface area (Å²) in [6.45, 7) is 19.5. The van der Waals surface area contributed by atoms with Gasteiger partial charge in [-0.05, 0) is 149 Å². The van der Waals surface area contributed by atoms with Gasteiger partial charge in [-0.25, -0.2) is 0 Å². The van der Waals surface area contributed by atoms with Gasteiger partial charge in [0.1, 0.15) is 22.3 Å². The van der Waals surface area contributed by atoms with Crippen LogP contribution in [-0.4, -0.2) is 0 Å². The van der Waals surface area contributed by atoms with Crippen LogP contribution in [0.3, 0.4) is 0 Å². The Kier molecular flexibility index (Phi) is 9.11. The lowest BCUT2D eigenvalue weighted by Gasteiger charge is -2.33. The van der Waals surface area contributed by atoms with Gasteiger partial charge in [0, 0.05) is 71.3 Å². The van der Waals surface area contributed by atoms with Crippen molar-refractivity contribution in [3.05, 3.63) is 257 Å². The number of nitrogens with zero attached hydrogens (tertiary/aromatic N) is 1. The van der Waals surface area contributed by atoms with Crippen LogP contribution in [-0.2, 0) is 21.7 Å². The standard InChI is InChI=1S/C78H59NO2/c1-75(2)58-38-39-65-67(53-27-16-19-32-63(53)80-65)66(58)56-43-61-55(42-62(56)75)50-36-34-46(40-59(50)76(61,3)4)79(73-48(44-22-11-9-12-23-44)29-21-30-49(73)45-24-13-10-14-25-45)47-35-37-52-60(41-47)78(7,8)71-68(52)69-54-28-17-20-33-64(54)81-74(69)70-51-26-15-18-31-57(51)77(5,6)72(70)71/h9-43H,1-8H3. The largest absolute Gasteiger partial charge is 0.456 e. The van der Waals surface area contributed by atoms with Crippen molar-refractivity contribution < 1.29 is 8.83 Å². The Morgan fingerprint density at radius 3 is 1.48 bits per heavy atom. The molecule has 0 radical (unpaired) electrons. The Bertz CT molecular complexity index is 4870. The number of benzene rings is 11. The third-order valence-corrected chi connectivity index (χ3v) is 19.8. The molecule has 0 atom stereocenters. The Labute approximate surface area is 472 Å². The second kappa shape index (κ2) is 15.8. The number of hydrogen-bond donors (Lipinski definition) is 0. The third-order valence-electron chi connectivity index (χ3n) is 19.8. The number of fused-ring (bicyclic) bond motifs is 22. The maximum Gasteiger partial charge on any atom is 0.144 e. The van der Waals surface area contributed by atoms with Crippen LogP contribution >= 0.6 is 0 Å². The van der Waals surface area contributed by atoms with E-state index in [1.54, 1.807) is 0 Å². The number of rotatable bonds is 5.